The molecular weight excluding hydrogens is 468 g/mol. The lowest BCUT2D eigenvalue weighted by molar-refractivity contribution is 0.343. The summed E-state index contributed by atoms with van der Waals surface area (Å²) in [5, 5.41) is 1.69. The minimum atomic E-state index is 0.133. The lowest BCUT2D eigenvalue weighted by atomic mass is 9.97. The molecule has 1 aliphatic rings. The zero-order valence-electron chi connectivity index (χ0n) is 16.7. The second kappa shape index (κ2) is 9.23. The number of rotatable bonds is 7. The second-order valence-electron chi connectivity index (χ2n) is 7.37. The number of hydrogen-bond acceptors (Lipinski definition) is 5. The Morgan fingerprint density at radius 3 is 2.79 bits per heavy atom. The average Bonchev–Trinajstić information content (AvgIpc) is 3.10. The summed E-state index contributed by atoms with van der Waals surface area (Å²) in [7, 11) is 0. The molecular formula is C22H25BrN2O2S2. The molecule has 1 atom stereocenters. The highest BCUT2D eigenvalue weighted by atomic mass is 79.9. The molecule has 4 rings (SSSR count). The molecule has 29 heavy (non-hydrogen) atoms. The van der Waals surface area contributed by atoms with Crippen molar-refractivity contribution >= 4 is 49.2 Å². The van der Waals surface area contributed by atoms with Crippen LogP contribution in [0.2, 0.25) is 0 Å². The molecule has 1 unspecified atom stereocenters. The fourth-order valence-electron chi connectivity index (χ4n) is 3.70. The van der Waals surface area contributed by atoms with Gasteiger partial charge in [0.25, 0.3) is 5.56 Å². The van der Waals surface area contributed by atoms with Crippen molar-refractivity contribution < 1.29 is 4.74 Å². The maximum atomic E-state index is 13.4. The summed E-state index contributed by atoms with van der Waals surface area (Å²) in [6, 6.07) is 7.97. The number of benzene rings is 1. The normalized spacial score (nSPS) is 14.7. The van der Waals surface area contributed by atoms with Crippen LogP contribution in [0.15, 0.2) is 38.7 Å². The molecule has 2 aromatic heterocycles. The molecule has 0 bridgehead atoms. The molecule has 1 aliphatic carbocycles. The monoisotopic (exact) mass is 492 g/mol. The molecule has 0 saturated heterocycles. The highest BCUT2D eigenvalue weighted by Crippen LogP contribution is 2.35. The van der Waals surface area contributed by atoms with Gasteiger partial charge in [-0.3, -0.25) is 9.36 Å². The summed E-state index contributed by atoms with van der Waals surface area (Å²) >= 11 is 6.77. The van der Waals surface area contributed by atoms with Crippen LogP contribution in [0.1, 0.15) is 49.6 Å². The summed E-state index contributed by atoms with van der Waals surface area (Å²) in [4.78, 5) is 20.7. The summed E-state index contributed by atoms with van der Waals surface area (Å²) in [6.45, 7) is 4.80. The van der Waals surface area contributed by atoms with Crippen molar-refractivity contribution in [1.29, 1.82) is 0 Å². The Labute approximate surface area is 187 Å². The topological polar surface area (TPSA) is 44.1 Å². The van der Waals surface area contributed by atoms with Gasteiger partial charge in [0.05, 0.1) is 12.0 Å². The molecule has 1 aromatic carbocycles. The number of aromatic nitrogens is 2. The van der Waals surface area contributed by atoms with E-state index in [1.807, 2.05) is 28.8 Å². The lowest BCUT2D eigenvalue weighted by Crippen LogP contribution is -2.26. The maximum Gasteiger partial charge on any atom is 0.263 e. The number of thiophene rings is 1. The molecule has 0 amide bonds. The van der Waals surface area contributed by atoms with E-state index in [4.69, 9.17) is 9.72 Å². The Morgan fingerprint density at radius 2 is 2.03 bits per heavy atom. The van der Waals surface area contributed by atoms with Crippen LogP contribution in [0.4, 0.5) is 0 Å². The number of fused-ring (bicyclic) bond motifs is 3. The van der Waals surface area contributed by atoms with Gasteiger partial charge in [0.1, 0.15) is 10.6 Å². The van der Waals surface area contributed by atoms with Crippen LogP contribution >= 0.6 is 39.0 Å². The predicted octanol–water partition coefficient (Wildman–Crippen LogP) is 6.24. The summed E-state index contributed by atoms with van der Waals surface area (Å²) < 4.78 is 8.79. The van der Waals surface area contributed by atoms with Gasteiger partial charge >= 0.3 is 0 Å². The number of hydrogen-bond donors (Lipinski definition) is 0. The van der Waals surface area contributed by atoms with Gasteiger partial charge in [-0.2, -0.15) is 0 Å². The highest BCUT2D eigenvalue weighted by molar-refractivity contribution is 9.10. The van der Waals surface area contributed by atoms with Crippen molar-refractivity contribution in [3.05, 3.63) is 49.5 Å². The van der Waals surface area contributed by atoms with E-state index in [1.54, 1.807) is 23.1 Å². The minimum Gasteiger partial charge on any atom is -0.493 e. The number of aryl methyl sites for hydroxylation is 2. The first-order valence-electron chi connectivity index (χ1n) is 10.2. The third-order valence-corrected chi connectivity index (χ3v) is 8.05. The lowest BCUT2D eigenvalue weighted by Gasteiger charge is -2.18. The molecule has 7 heteroatoms. The van der Waals surface area contributed by atoms with E-state index in [-0.39, 0.29) is 11.6 Å². The summed E-state index contributed by atoms with van der Waals surface area (Å²) in [5.41, 5.74) is 1.40. The van der Waals surface area contributed by atoms with Gasteiger partial charge in [-0.05, 0) is 68.9 Å². The Morgan fingerprint density at radius 1 is 1.28 bits per heavy atom. The SMILES string of the molecule is CCC(C)n1c(SCCOc2ccc(Br)cc2)nc2sc3c(c2c1=O)CCCC3. The van der Waals surface area contributed by atoms with Crippen molar-refractivity contribution in [3.8, 4) is 5.75 Å². The van der Waals surface area contributed by atoms with Crippen LogP contribution in [0.25, 0.3) is 10.2 Å². The van der Waals surface area contributed by atoms with E-state index in [2.05, 4.69) is 29.8 Å². The zero-order chi connectivity index (χ0) is 20.4. The van der Waals surface area contributed by atoms with Crippen LogP contribution in [0, 0.1) is 0 Å². The molecule has 0 spiro atoms. The Balaban J connectivity index is 1.58. The van der Waals surface area contributed by atoms with E-state index < -0.39 is 0 Å². The first kappa shape index (κ1) is 20.9. The second-order valence-corrected chi connectivity index (χ2v) is 10.4. The smallest absolute Gasteiger partial charge is 0.263 e. The van der Waals surface area contributed by atoms with E-state index in [1.165, 1.54) is 23.3 Å². The van der Waals surface area contributed by atoms with Gasteiger partial charge in [-0.25, -0.2) is 4.98 Å². The Hall–Kier alpha value is -1.31. The Bertz CT molecular complexity index is 1060. The summed E-state index contributed by atoms with van der Waals surface area (Å²) in [6.07, 6.45) is 5.39. The fraction of sp³-hybridized carbons (Fsp3) is 0.455. The third-order valence-electron chi connectivity index (χ3n) is 5.42. The average molecular weight is 493 g/mol. The van der Waals surface area contributed by atoms with Crippen molar-refractivity contribution in [1.82, 2.24) is 9.55 Å². The van der Waals surface area contributed by atoms with Crippen LogP contribution in [0.5, 0.6) is 5.75 Å². The van der Waals surface area contributed by atoms with E-state index >= 15 is 0 Å². The van der Waals surface area contributed by atoms with Crippen molar-refractivity contribution in [2.24, 2.45) is 0 Å². The zero-order valence-corrected chi connectivity index (χ0v) is 20.0. The maximum absolute atomic E-state index is 13.4. The fourth-order valence-corrected chi connectivity index (χ4v) is 6.18. The van der Waals surface area contributed by atoms with Gasteiger partial charge in [0.15, 0.2) is 5.16 Å². The van der Waals surface area contributed by atoms with Crippen LogP contribution in [0.3, 0.4) is 0 Å². The molecule has 154 valence electrons. The standard InChI is InChI=1S/C22H25BrN2O2S2/c1-3-14(2)25-21(26)19-17-6-4-5-7-18(17)29-20(19)24-22(25)28-13-12-27-16-10-8-15(23)9-11-16/h8-11,14H,3-7,12-13H2,1-2H3. The highest BCUT2D eigenvalue weighted by Gasteiger charge is 2.23. The van der Waals surface area contributed by atoms with Crippen LogP contribution < -0.4 is 10.3 Å². The van der Waals surface area contributed by atoms with Gasteiger partial charge < -0.3 is 4.74 Å². The molecule has 0 radical (unpaired) electrons. The van der Waals surface area contributed by atoms with Gasteiger partial charge in [0, 0.05) is 21.1 Å². The van der Waals surface area contributed by atoms with E-state index in [0.29, 0.717) is 6.61 Å². The number of halogens is 1. The first-order valence-corrected chi connectivity index (χ1v) is 12.8. The quantitative estimate of drug-likeness (QED) is 0.222. The van der Waals surface area contributed by atoms with Crippen molar-refractivity contribution in [3.63, 3.8) is 0 Å². The van der Waals surface area contributed by atoms with E-state index in [0.717, 1.165) is 50.6 Å². The van der Waals surface area contributed by atoms with Crippen molar-refractivity contribution in [2.45, 2.75) is 57.1 Å². The van der Waals surface area contributed by atoms with Gasteiger partial charge in [-0.1, -0.05) is 34.6 Å². The largest absolute Gasteiger partial charge is 0.493 e. The molecule has 2 heterocycles. The van der Waals surface area contributed by atoms with Crippen molar-refractivity contribution in [2.75, 3.05) is 12.4 Å². The molecule has 0 N–H and O–H groups in total. The first-order chi connectivity index (χ1) is 14.1. The van der Waals surface area contributed by atoms with Crippen LogP contribution in [-0.4, -0.2) is 21.9 Å². The molecule has 0 aliphatic heterocycles. The van der Waals surface area contributed by atoms with E-state index in [9.17, 15) is 4.79 Å². The minimum absolute atomic E-state index is 0.133. The van der Waals surface area contributed by atoms with Gasteiger partial charge in [0.2, 0.25) is 0 Å². The third kappa shape index (κ3) is 4.42. The molecule has 0 saturated carbocycles. The number of thioether (sulfide) groups is 1. The number of ether oxygens (including phenoxy) is 1. The molecule has 0 fully saturated rings. The predicted molar refractivity (Wildman–Crippen MR) is 126 cm³/mol. The van der Waals surface area contributed by atoms with Gasteiger partial charge in [-0.15, -0.1) is 11.3 Å². The number of nitrogens with zero attached hydrogens (tertiary/aromatic N) is 2. The molecule has 3 aromatic rings. The Kier molecular flexibility index (Phi) is 6.66. The molecule has 4 nitrogen and oxygen atoms in total. The van der Waals surface area contributed by atoms with Crippen LogP contribution in [-0.2, 0) is 12.8 Å². The summed E-state index contributed by atoms with van der Waals surface area (Å²) in [5.74, 6) is 1.60.